The third-order valence-electron chi connectivity index (χ3n) is 3.83. The van der Waals surface area contributed by atoms with Crippen molar-refractivity contribution in [2.75, 3.05) is 0 Å². The molecule has 1 saturated carbocycles. The molecular weight excluding hydrogens is 152 g/mol. The van der Waals surface area contributed by atoms with E-state index in [1.807, 2.05) is 0 Å². The molecule has 0 aromatic carbocycles. The Kier molecular flexibility index (Phi) is 1.61. The summed E-state index contributed by atoms with van der Waals surface area (Å²) in [6.07, 6.45) is 2.18. The maximum Gasteiger partial charge on any atom is 0.114 e. The van der Waals surface area contributed by atoms with Crippen LogP contribution in [0.25, 0.3) is 0 Å². The van der Waals surface area contributed by atoms with Crippen LogP contribution in [-0.2, 0) is 4.89 Å². The minimum atomic E-state index is -0.0215. The lowest BCUT2D eigenvalue weighted by Crippen LogP contribution is -2.46. The molecule has 3 rings (SSSR count). The van der Waals surface area contributed by atoms with Gasteiger partial charge in [-0.3, -0.25) is 5.26 Å². The molecule has 68 valence electrons. The summed E-state index contributed by atoms with van der Waals surface area (Å²) in [5.74, 6) is 0.716. The van der Waals surface area contributed by atoms with E-state index >= 15 is 0 Å². The molecule has 0 aromatic heterocycles. The van der Waals surface area contributed by atoms with Gasteiger partial charge in [0, 0.05) is 0 Å². The topological polar surface area (TPSA) is 29.5 Å². The van der Waals surface area contributed by atoms with Gasteiger partial charge in [0.25, 0.3) is 0 Å². The summed E-state index contributed by atoms with van der Waals surface area (Å²) in [6, 6.07) is 0. The quantitative estimate of drug-likeness (QED) is 0.370. The normalized spacial score (nSPS) is 38.0. The molecule has 0 spiro atoms. The first-order chi connectivity index (χ1) is 5.57. The molecule has 3 aliphatic rings. The molecule has 0 saturated heterocycles. The third-order valence-corrected chi connectivity index (χ3v) is 3.83. The average Bonchev–Trinajstić information content (AvgIpc) is 2.03. The summed E-state index contributed by atoms with van der Waals surface area (Å²) in [6.45, 7) is 6.65. The second-order valence-electron chi connectivity index (χ2n) is 4.61. The van der Waals surface area contributed by atoms with Gasteiger partial charge in [-0.05, 0) is 36.7 Å². The van der Waals surface area contributed by atoms with Gasteiger partial charge in [0.15, 0.2) is 0 Å². The van der Waals surface area contributed by atoms with Crippen molar-refractivity contribution in [3.05, 3.63) is 11.1 Å². The zero-order chi connectivity index (χ0) is 8.93. The summed E-state index contributed by atoms with van der Waals surface area (Å²) >= 11 is 0. The Hall–Kier alpha value is -0.340. The zero-order valence-electron chi connectivity index (χ0n) is 7.92. The van der Waals surface area contributed by atoms with Crippen molar-refractivity contribution in [2.45, 2.75) is 39.7 Å². The van der Waals surface area contributed by atoms with Gasteiger partial charge in [0.1, 0.15) is 6.10 Å². The summed E-state index contributed by atoms with van der Waals surface area (Å²) < 4.78 is 0. The van der Waals surface area contributed by atoms with Gasteiger partial charge < -0.3 is 0 Å². The summed E-state index contributed by atoms with van der Waals surface area (Å²) in [4.78, 5) is 4.44. The van der Waals surface area contributed by atoms with Gasteiger partial charge in [-0.25, -0.2) is 4.89 Å². The molecule has 0 aromatic rings. The van der Waals surface area contributed by atoms with E-state index in [0.29, 0.717) is 11.3 Å². The monoisotopic (exact) mass is 168 g/mol. The van der Waals surface area contributed by atoms with Crippen molar-refractivity contribution < 1.29 is 10.1 Å². The van der Waals surface area contributed by atoms with Crippen LogP contribution < -0.4 is 0 Å². The Morgan fingerprint density at radius 3 is 2.58 bits per heavy atom. The van der Waals surface area contributed by atoms with Crippen molar-refractivity contribution >= 4 is 0 Å². The van der Waals surface area contributed by atoms with Crippen molar-refractivity contribution in [1.29, 1.82) is 0 Å². The minimum absolute atomic E-state index is 0.0215. The molecule has 1 fully saturated rings. The molecule has 2 nitrogen and oxygen atoms in total. The minimum Gasteiger partial charge on any atom is -0.251 e. The van der Waals surface area contributed by atoms with Gasteiger partial charge in [-0.1, -0.05) is 19.4 Å². The van der Waals surface area contributed by atoms with Crippen molar-refractivity contribution in [2.24, 2.45) is 11.3 Å². The summed E-state index contributed by atoms with van der Waals surface area (Å²) in [5, 5.41) is 8.64. The highest BCUT2D eigenvalue weighted by molar-refractivity contribution is 5.35. The van der Waals surface area contributed by atoms with E-state index in [4.69, 9.17) is 5.26 Å². The summed E-state index contributed by atoms with van der Waals surface area (Å²) in [5.41, 5.74) is 3.13. The average molecular weight is 168 g/mol. The first kappa shape index (κ1) is 8.27. The number of fused-ring (bicyclic) bond motifs is 2. The molecule has 3 aliphatic carbocycles. The largest absolute Gasteiger partial charge is 0.251 e. The fourth-order valence-electron chi connectivity index (χ4n) is 2.68. The number of hydrogen-bond acceptors (Lipinski definition) is 2. The summed E-state index contributed by atoms with van der Waals surface area (Å²) in [7, 11) is 0. The van der Waals surface area contributed by atoms with Crippen LogP contribution in [-0.4, -0.2) is 11.4 Å². The highest BCUT2D eigenvalue weighted by atomic mass is 17.1. The van der Waals surface area contributed by atoms with E-state index in [0.717, 1.165) is 6.42 Å². The zero-order valence-corrected chi connectivity index (χ0v) is 7.92. The Labute approximate surface area is 73.2 Å². The van der Waals surface area contributed by atoms with E-state index in [2.05, 4.69) is 25.7 Å². The Morgan fingerprint density at radius 1 is 1.50 bits per heavy atom. The smallest absolute Gasteiger partial charge is 0.114 e. The van der Waals surface area contributed by atoms with E-state index in [1.165, 1.54) is 17.6 Å². The molecule has 0 radical (unpaired) electrons. The molecule has 12 heavy (non-hydrogen) atoms. The van der Waals surface area contributed by atoms with Crippen LogP contribution in [0.3, 0.4) is 0 Å². The lowest BCUT2D eigenvalue weighted by molar-refractivity contribution is -0.277. The number of allylic oxidation sites excluding steroid dienone is 1. The molecular formula is C10H16O2. The van der Waals surface area contributed by atoms with E-state index in [-0.39, 0.29) is 6.10 Å². The predicted octanol–water partition coefficient (Wildman–Crippen LogP) is 2.61. The molecule has 2 atom stereocenters. The Bertz CT molecular complexity index is 240. The molecule has 2 bridgehead atoms. The fraction of sp³-hybridized carbons (Fsp3) is 0.800. The van der Waals surface area contributed by atoms with Gasteiger partial charge in [-0.15, -0.1) is 0 Å². The number of hydrogen-bond donors (Lipinski definition) is 1. The van der Waals surface area contributed by atoms with Gasteiger partial charge in [0.05, 0.1) is 0 Å². The molecule has 2 unspecified atom stereocenters. The van der Waals surface area contributed by atoms with Crippen molar-refractivity contribution in [3.63, 3.8) is 0 Å². The van der Waals surface area contributed by atoms with Crippen molar-refractivity contribution in [3.8, 4) is 0 Å². The van der Waals surface area contributed by atoms with Crippen LogP contribution in [0.2, 0.25) is 0 Å². The Balaban J connectivity index is 2.32. The van der Waals surface area contributed by atoms with E-state index in [9.17, 15) is 0 Å². The molecule has 0 aliphatic heterocycles. The van der Waals surface area contributed by atoms with Gasteiger partial charge in [0.2, 0.25) is 0 Å². The maximum absolute atomic E-state index is 8.64. The van der Waals surface area contributed by atoms with Crippen LogP contribution in [0.5, 0.6) is 0 Å². The van der Waals surface area contributed by atoms with E-state index < -0.39 is 0 Å². The third kappa shape index (κ3) is 0.824. The second kappa shape index (κ2) is 2.33. The van der Waals surface area contributed by atoms with Crippen LogP contribution in [0, 0.1) is 11.3 Å². The molecule has 2 heteroatoms. The molecule has 0 heterocycles. The van der Waals surface area contributed by atoms with Gasteiger partial charge >= 0.3 is 0 Å². The maximum atomic E-state index is 8.64. The van der Waals surface area contributed by atoms with Crippen molar-refractivity contribution in [1.82, 2.24) is 0 Å². The number of rotatable bonds is 1. The highest BCUT2D eigenvalue weighted by Gasteiger charge is 2.49. The van der Waals surface area contributed by atoms with Crippen LogP contribution >= 0.6 is 0 Å². The van der Waals surface area contributed by atoms with E-state index in [1.54, 1.807) is 0 Å². The standard InChI is InChI=1S/C10H16O2/c1-6-8-4-7(10(8,2)3)5-9(6)12-11/h7,9,11H,4-5H2,1-3H3. The van der Waals surface area contributed by atoms with Gasteiger partial charge in [-0.2, -0.15) is 0 Å². The first-order valence-electron chi connectivity index (χ1n) is 4.57. The lowest BCUT2D eigenvalue weighted by Gasteiger charge is -2.54. The van der Waals surface area contributed by atoms with Crippen LogP contribution in [0.1, 0.15) is 33.6 Å². The molecule has 1 N–H and O–H groups in total. The second-order valence-corrected chi connectivity index (χ2v) is 4.61. The molecule has 0 amide bonds. The van der Waals surface area contributed by atoms with Crippen LogP contribution in [0.4, 0.5) is 0 Å². The lowest BCUT2D eigenvalue weighted by atomic mass is 9.52. The van der Waals surface area contributed by atoms with Crippen LogP contribution in [0.15, 0.2) is 11.1 Å². The highest BCUT2D eigenvalue weighted by Crippen LogP contribution is 2.58. The Morgan fingerprint density at radius 2 is 2.17 bits per heavy atom. The SMILES string of the molecule is CC1=C2CC(CC1OO)C2(C)C. The fourth-order valence-corrected chi connectivity index (χ4v) is 2.68. The first-order valence-corrected chi connectivity index (χ1v) is 4.57. The predicted molar refractivity (Wildman–Crippen MR) is 46.7 cm³/mol.